The van der Waals surface area contributed by atoms with Crippen LogP contribution < -0.4 is 4.74 Å². The van der Waals surface area contributed by atoms with Gasteiger partial charge in [-0.15, -0.1) is 10.2 Å². The Bertz CT molecular complexity index is 1190. The molecule has 0 aliphatic heterocycles. The highest BCUT2D eigenvalue weighted by Crippen LogP contribution is 2.34. The van der Waals surface area contributed by atoms with Gasteiger partial charge >= 0.3 is 0 Å². The first-order chi connectivity index (χ1) is 14.1. The minimum absolute atomic E-state index is 0.0683. The molecule has 0 amide bonds. The fourth-order valence-corrected chi connectivity index (χ4v) is 4.27. The van der Waals surface area contributed by atoms with Gasteiger partial charge in [0.25, 0.3) is 0 Å². The van der Waals surface area contributed by atoms with Crippen molar-refractivity contribution in [1.29, 1.82) is 0 Å². The first-order valence-electron chi connectivity index (χ1n) is 9.84. The van der Waals surface area contributed by atoms with E-state index in [1.54, 1.807) is 0 Å². The van der Waals surface area contributed by atoms with Crippen LogP contribution in [0.25, 0.3) is 28.1 Å². The zero-order valence-corrected chi connectivity index (χ0v) is 17.4. The number of para-hydroxylation sites is 1. The Labute approximate surface area is 176 Å². The molecular formula is C22H20BrFN4O. The number of hydrogen-bond acceptors (Lipinski definition) is 4. The van der Waals surface area contributed by atoms with Gasteiger partial charge in [0.05, 0.1) is 0 Å². The van der Waals surface area contributed by atoms with Crippen LogP contribution in [0.3, 0.4) is 0 Å². The second-order valence-corrected chi connectivity index (χ2v) is 8.54. The van der Waals surface area contributed by atoms with Crippen molar-refractivity contribution >= 4 is 32.5 Å². The molecule has 0 spiro atoms. The number of pyridine rings is 2. The van der Waals surface area contributed by atoms with Crippen molar-refractivity contribution in [2.24, 2.45) is 0 Å². The van der Waals surface area contributed by atoms with E-state index >= 15 is 4.39 Å². The molecule has 3 aromatic heterocycles. The maximum absolute atomic E-state index is 15.0. The second-order valence-electron chi connectivity index (χ2n) is 7.62. The highest BCUT2D eigenvalue weighted by molar-refractivity contribution is 9.10. The third kappa shape index (κ3) is 3.59. The van der Waals surface area contributed by atoms with Crippen LogP contribution in [-0.4, -0.2) is 31.9 Å². The number of ether oxygens (including phenoxy) is 1. The van der Waals surface area contributed by atoms with Crippen LogP contribution >= 0.6 is 15.9 Å². The van der Waals surface area contributed by atoms with Gasteiger partial charge in [0.15, 0.2) is 11.5 Å². The molecule has 7 heteroatoms. The van der Waals surface area contributed by atoms with Crippen molar-refractivity contribution in [3.05, 3.63) is 53.1 Å². The molecule has 1 aliphatic rings. The van der Waals surface area contributed by atoms with E-state index in [-0.39, 0.29) is 6.61 Å². The summed E-state index contributed by atoms with van der Waals surface area (Å²) in [5.74, 6) is 1.24. The standard InChI is InChI=1S/C22H20BrFN4O/c23-16-8-10-19-26-27-21(28(19)13-16)17-9-7-15-5-4-6-18(20(15)25-17)29-14-22(24)11-2-1-3-12-22/h4-10,13H,1-3,11-12,14H2. The Kier molecular flexibility index (Phi) is 4.70. The molecular weight excluding hydrogens is 435 g/mol. The lowest BCUT2D eigenvalue weighted by molar-refractivity contribution is 0.0481. The van der Waals surface area contributed by atoms with Gasteiger partial charge in [-0.05, 0) is 53.0 Å². The lowest BCUT2D eigenvalue weighted by Crippen LogP contribution is -2.33. The normalized spacial score (nSPS) is 16.3. The van der Waals surface area contributed by atoms with Crippen molar-refractivity contribution in [1.82, 2.24) is 19.6 Å². The summed E-state index contributed by atoms with van der Waals surface area (Å²) < 4.78 is 23.8. The van der Waals surface area contributed by atoms with Gasteiger partial charge in [-0.25, -0.2) is 9.37 Å². The summed E-state index contributed by atoms with van der Waals surface area (Å²) in [6.45, 7) is 0.0683. The maximum atomic E-state index is 15.0. The van der Waals surface area contributed by atoms with E-state index in [0.29, 0.717) is 35.6 Å². The predicted molar refractivity (Wildman–Crippen MR) is 114 cm³/mol. The summed E-state index contributed by atoms with van der Waals surface area (Å²) in [6, 6.07) is 13.4. The molecule has 0 unspecified atom stereocenters. The molecule has 1 saturated carbocycles. The molecule has 5 nitrogen and oxygen atoms in total. The van der Waals surface area contributed by atoms with Gasteiger partial charge in [0, 0.05) is 16.1 Å². The molecule has 1 aliphatic carbocycles. The third-order valence-electron chi connectivity index (χ3n) is 5.51. The van der Waals surface area contributed by atoms with E-state index in [2.05, 4.69) is 26.1 Å². The fourth-order valence-electron chi connectivity index (χ4n) is 3.94. The van der Waals surface area contributed by atoms with E-state index in [0.717, 1.165) is 34.8 Å². The Morgan fingerprint density at radius 1 is 1.03 bits per heavy atom. The first kappa shape index (κ1) is 18.5. The molecule has 0 saturated heterocycles. The fraction of sp³-hybridized carbons (Fsp3) is 0.318. The van der Waals surface area contributed by atoms with Crippen molar-refractivity contribution in [3.63, 3.8) is 0 Å². The highest BCUT2D eigenvalue weighted by Gasteiger charge is 2.32. The molecule has 1 aromatic carbocycles. The zero-order valence-electron chi connectivity index (χ0n) is 15.8. The Morgan fingerprint density at radius 3 is 2.76 bits per heavy atom. The van der Waals surface area contributed by atoms with Gasteiger partial charge in [-0.3, -0.25) is 4.40 Å². The van der Waals surface area contributed by atoms with Crippen LogP contribution in [0, 0.1) is 0 Å². The maximum Gasteiger partial charge on any atom is 0.187 e. The molecule has 3 heterocycles. The van der Waals surface area contributed by atoms with Crippen LogP contribution in [0.15, 0.2) is 53.1 Å². The molecule has 1 fully saturated rings. The SMILES string of the molecule is FC1(COc2cccc3ccc(-c4nnc5ccc(Br)cn45)nc23)CCCCC1. The van der Waals surface area contributed by atoms with Crippen LogP contribution in [-0.2, 0) is 0 Å². The van der Waals surface area contributed by atoms with Crippen molar-refractivity contribution in [3.8, 4) is 17.3 Å². The number of benzene rings is 1. The number of nitrogens with zero attached hydrogens (tertiary/aromatic N) is 4. The third-order valence-corrected chi connectivity index (χ3v) is 5.98. The zero-order chi connectivity index (χ0) is 19.8. The van der Waals surface area contributed by atoms with Gasteiger partial charge in [0.1, 0.15) is 29.2 Å². The topological polar surface area (TPSA) is 52.3 Å². The van der Waals surface area contributed by atoms with Crippen LogP contribution in [0.5, 0.6) is 5.75 Å². The van der Waals surface area contributed by atoms with Crippen LogP contribution in [0.4, 0.5) is 4.39 Å². The Hall–Kier alpha value is -2.54. The summed E-state index contributed by atoms with van der Waals surface area (Å²) in [5.41, 5.74) is 0.891. The van der Waals surface area contributed by atoms with Crippen molar-refractivity contribution < 1.29 is 9.13 Å². The van der Waals surface area contributed by atoms with Crippen LogP contribution in [0.1, 0.15) is 32.1 Å². The van der Waals surface area contributed by atoms with E-state index < -0.39 is 5.67 Å². The largest absolute Gasteiger partial charge is 0.488 e. The van der Waals surface area contributed by atoms with Gasteiger partial charge in [-0.2, -0.15) is 0 Å². The summed E-state index contributed by atoms with van der Waals surface area (Å²) in [5, 5.41) is 9.46. The van der Waals surface area contributed by atoms with Gasteiger partial charge in [0.2, 0.25) is 0 Å². The number of rotatable bonds is 4. The number of alkyl halides is 1. The average molecular weight is 455 g/mol. The lowest BCUT2D eigenvalue weighted by atomic mass is 9.87. The summed E-state index contributed by atoms with van der Waals surface area (Å²) >= 11 is 3.49. The van der Waals surface area contributed by atoms with E-state index in [1.807, 2.05) is 53.1 Å². The Balaban J connectivity index is 1.52. The number of fused-ring (bicyclic) bond motifs is 2. The molecule has 148 valence electrons. The molecule has 0 radical (unpaired) electrons. The number of aromatic nitrogens is 4. The number of hydrogen-bond donors (Lipinski definition) is 0. The first-order valence-corrected chi connectivity index (χ1v) is 10.6. The summed E-state index contributed by atoms with van der Waals surface area (Å²) in [7, 11) is 0. The van der Waals surface area contributed by atoms with Crippen molar-refractivity contribution in [2.45, 2.75) is 37.8 Å². The number of halogens is 2. The molecule has 0 N–H and O–H groups in total. The van der Waals surface area contributed by atoms with Crippen LogP contribution in [0.2, 0.25) is 0 Å². The summed E-state index contributed by atoms with van der Waals surface area (Å²) in [4.78, 5) is 4.80. The summed E-state index contributed by atoms with van der Waals surface area (Å²) in [6.07, 6.45) is 6.00. The van der Waals surface area contributed by atoms with E-state index in [1.165, 1.54) is 0 Å². The molecule has 4 aromatic rings. The van der Waals surface area contributed by atoms with E-state index in [4.69, 9.17) is 9.72 Å². The minimum atomic E-state index is -1.24. The smallest absolute Gasteiger partial charge is 0.187 e. The lowest BCUT2D eigenvalue weighted by Gasteiger charge is -2.29. The molecule has 29 heavy (non-hydrogen) atoms. The van der Waals surface area contributed by atoms with Gasteiger partial charge < -0.3 is 4.74 Å². The molecule has 0 bridgehead atoms. The van der Waals surface area contributed by atoms with Crippen molar-refractivity contribution in [2.75, 3.05) is 6.61 Å². The predicted octanol–water partition coefficient (Wildman–Crippen LogP) is 5.76. The van der Waals surface area contributed by atoms with Gasteiger partial charge in [-0.1, -0.05) is 37.5 Å². The monoisotopic (exact) mass is 454 g/mol. The quantitative estimate of drug-likeness (QED) is 0.393. The molecule has 0 atom stereocenters. The molecule has 5 rings (SSSR count). The average Bonchev–Trinajstić information content (AvgIpc) is 3.15. The Morgan fingerprint density at radius 2 is 1.90 bits per heavy atom. The highest BCUT2D eigenvalue weighted by atomic mass is 79.9. The van der Waals surface area contributed by atoms with E-state index in [9.17, 15) is 0 Å². The minimum Gasteiger partial charge on any atom is -0.488 e. The second kappa shape index (κ2) is 7.37.